The smallest absolute Gasteiger partial charge is 0.350 e. The minimum atomic E-state index is -4.34. The summed E-state index contributed by atoms with van der Waals surface area (Å²) in [5, 5.41) is 0.645. The number of hydrogen-bond acceptors (Lipinski definition) is 2. The van der Waals surface area contributed by atoms with E-state index in [1.54, 1.807) is 38.1 Å². The Morgan fingerprint density at radius 3 is 2.48 bits per heavy atom. The Labute approximate surface area is 118 Å². The third kappa shape index (κ3) is 2.23. The van der Waals surface area contributed by atoms with Crippen LogP contribution in [0.4, 0.5) is 13.2 Å². The predicted octanol–water partition coefficient (Wildman–Crippen LogP) is 3.33. The number of hydrogen-bond donors (Lipinski definition) is 0. The fourth-order valence-electron chi connectivity index (χ4n) is 2.89. The SMILES string of the molecule is CC1(C)OCc2c(CC(F)(F)F)c3ccccc3c(=O)n21. The Kier molecular flexibility index (Phi) is 2.92. The van der Waals surface area contributed by atoms with Crippen molar-refractivity contribution in [3.05, 3.63) is 45.9 Å². The molecule has 0 radical (unpaired) electrons. The van der Waals surface area contributed by atoms with Crippen LogP contribution in [0.15, 0.2) is 29.1 Å². The maximum Gasteiger partial charge on any atom is 0.393 e. The molecule has 1 aliphatic rings. The monoisotopic (exact) mass is 297 g/mol. The van der Waals surface area contributed by atoms with Crippen LogP contribution >= 0.6 is 0 Å². The zero-order valence-electron chi connectivity index (χ0n) is 11.6. The first-order valence-corrected chi connectivity index (χ1v) is 6.57. The third-order valence-corrected chi connectivity index (χ3v) is 3.78. The molecule has 3 rings (SSSR count). The number of halogens is 3. The van der Waals surface area contributed by atoms with Gasteiger partial charge in [0, 0.05) is 5.39 Å². The minimum absolute atomic E-state index is 0.0124. The van der Waals surface area contributed by atoms with Gasteiger partial charge in [-0.2, -0.15) is 13.2 Å². The highest BCUT2D eigenvalue weighted by Crippen LogP contribution is 2.35. The van der Waals surface area contributed by atoms with Crippen LogP contribution in [0.2, 0.25) is 0 Å². The molecule has 0 fully saturated rings. The number of pyridine rings is 1. The molecule has 3 nitrogen and oxygen atoms in total. The molecular weight excluding hydrogens is 283 g/mol. The van der Waals surface area contributed by atoms with Gasteiger partial charge < -0.3 is 4.74 Å². The predicted molar refractivity (Wildman–Crippen MR) is 72.1 cm³/mol. The standard InChI is InChI=1S/C15H14F3NO2/c1-14(2)19-12(8-21-14)11(7-15(16,17)18)9-5-3-4-6-10(9)13(19)20/h3-6H,7-8H2,1-2H3. The van der Waals surface area contributed by atoms with E-state index in [0.717, 1.165) is 0 Å². The van der Waals surface area contributed by atoms with E-state index in [9.17, 15) is 18.0 Å². The summed E-state index contributed by atoms with van der Waals surface area (Å²) in [6, 6.07) is 6.40. The number of nitrogens with zero attached hydrogens (tertiary/aromatic N) is 1. The fourth-order valence-corrected chi connectivity index (χ4v) is 2.89. The topological polar surface area (TPSA) is 31.2 Å². The van der Waals surface area contributed by atoms with Gasteiger partial charge in [0.1, 0.15) is 5.72 Å². The van der Waals surface area contributed by atoms with Gasteiger partial charge in [-0.1, -0.05) is 18.2 Å². The van der Waals surface area contributed by atoms with E-state index < -0.39 is 18.3 Å². The highest BCUT2D eigenvalue weighted by Gasteiger charge is 2.38. The molecule has 21 heavy (non-hydrogen) atoms. The molecule has 0 atom stereocenters. The van der Waals surface area contributed by atoms with Crippen LogP contribution < -0.4 is 5.56 Å². The molecule has 1 aromatic heterocycles. The molecule has 0 saturated heterocycles. The first kappa shape index (κ1) is 14.1. The normalized spacial score (nSPS) is 17.2. The van der Waals surface area contributed by atoms with Gasteiger partial charge in [-0.25, -0.2) is 0 Å². The lowest BCUT2D eigenvalue weighted by Gasteiger charge is -2.22. The number of aromatic nitrogens is 1. The quantitative estimate of drug-likeness (QED) is 0.808. The van der Waals surface area contributed by atoms with E-state index in [2.05, 4.69) is 0 Å². The second-order valence-electron chi connectivity index (χ2n) is 5.64. The van der Waals surface area contributed by atoms with Gasteiger partial charge in [-0.15, -0.1) is 0 Å². The number of ether oxygens (including phenoxy) is 1. The second kappa shape index (κ2) is 4.34. The van der Waals surface area contributed by atoms with Crippen LogP contribution in [-0.4, -0.2) is 10.7 Å². The van der Waals surface area contributed by atoms with E-state index in [-0.39, 0.29) is 17.7 Å². The molecule has 6 heteroatoms. The van der Waals surface area contributed by atoms with Crippen molar-refractivity contribution in [2.45, 2.75) is 38.8 Å². The highest BCUT2D eigenvalue weighted by atomic mass is 19.4. The number of rotatable bonds is 1. The van der Waals surface area contributed by atoms with Crippen molar-refractivity contribution >= 4 is 10.8 Å². The zero-order valence-corrected chi connectivity index (χ0v) is 11.6. The zero-order chi connectivity index (χ0) is 15.4. The molecule has 0 aliphatic carbocycles. The fraction of sp³-hybridized carbons (Fsp3) is 0.400. The number of benzene rings is 1. The molecule has 0 saturated carbocycles. The largest absolute Gasteiger partial charge is 0.393 e. The maximum atomic E-state index is 12.9. The molecule has 0 unspecified atom stereocenters. The lowest BCUT2D eigenvalue weighted by Crippen LogP contribution is -2.35. The molecule has 0 N–H and O–H groups in total. The third-order valence-electron chi connectivity index (χ3n) is 3.78. The van der Waals surface area contributed by atoms with Gasteiger partial charge in [0.25, 0.3) is 5.56 Å². The minimum Gasteiger partial charge on any atom is -0.350 e. The number of alkyl halides is 3. The summed E-state index contributed by atoms with van der Waals surface area (Å²) in [7, 11) is 0. The van der Waals surface area contributed by atoms with Crippen LogP contribution in [0.5, 0.6) is 0 Å². The van der Waals surface area contributed by atoms with Crippen LogP contribution in [0, 0.1) is 0 Å². The molecule has 1 aromatic carbocycles. The molecule has 2 aromatic rings. The van der Waals surface area contributed by atoms with Gasteiger partial charge in [-0.05, 0) is 30.9 Å². The van der Waals surface area contributed by atoms with Crippen molar-refractivity contribution in [2.24, 2.45) is 0 Å². The molecule has 1 aliphatic heterocycles. The first-order valence-electron chi connectivity index (χ1n) is 6.57. The van der Waals surface area contributed by atoms with Crippen molar-refractivity contribution in [2.75, 3.05) is 0 Å². The molecule has 2 heterocycles. The lowest BCUT2D eigenvalue weighted by atomic mass is 10.0. The molecule has 0 bridgehead atoms. The van der Waals surface area contributed by atoms with E-state index in [1.807, 2.05) is 0 Å². The summed E-state index contributed by atoms with van der Waals surface area (Å²) in [4.78, 5) is 12.6. The Balaban J connectivity index is 2.41. The molecule has 112 valence electrons. The average molecular weight is 297 g/mol. The first-order chi connectivity index (χ1) is 9.71. The molecule has 0 amide bonds. The van der Waals surface area contributed by atoms with Crippen LogP contribution in [0.25, 0.3) is 10.8 Å². The summed E-state index contributed by atoms with van der Waals surface area (Å²) in [6.07, 6.45) is -5.41. The van der Waals surface area contributed by atoms with Crippen molar-refractivity contribution in [1.29, 1.82) is 0 Å². The Morgan fingerprint density at radius 2 is 1.86 bits per heavy atom. The maximum absolute atomic E-state index is 12.9. The summed E-state index contributed by atoms with van der Waals surface area (Å²) < 4.78 is 45.6. The highest BCUT2D eigenvalue weighted by molar-refractivity contribution is 5.85. The van der Waals surface area contributed by atoms with Crippen molar-refractivity contribution < 1.29 is 17.9 Å². The van der Waals surface area contributed by atoms with Gasteiger partial charge in [0.05, 0.1) is 18.7 Å². The number of fused-ring (bicyclic) bond motifs is 2. The average Bonchev–Trinajstić information content (AvgIpc) is 2.69. The van der Waals surface area contributed by atoms with E-state index in [0.29, 0.717) is 16.5 Å². The molecule has 0 spiro atoms. The van der Waals surface area contributed by atoms with Gasteiger partial charge >= 0.3 is 6.18 Å². The van der Waals surface area contributed by atoms with Crippen molar-refractivity contribution in [3.8, 4) is 0 Å². The van der Waals surface area contributed by atoms with E-state index in [4.69, 9.17) is 4.74 Å². The Morgan fingerprint density at radius 1 is 1.24 bits per heavy atom. The van der Waals surface area contributed by atoms with Crippen LogP contribution in [-0.2, 0) is 23.5 Å². The summed E-state index contributed by atoms with van der Waals surface area (Å²) >= 11 is 0. The second-order valence-corrected chi connectivity index (χ2v) is 5.64. The van der Waals surface area contributed by atoms with Gasteiger partial charge in [-0.3, -0.25) is 9.36 Å². The Bertz CT molecular complexity index is 775. The Hall–Kier alpha value is -1.82. The van der Waals surface area contributed by atoms with Gasteiger partial charge in [0.15, 0.2) is 0 Å². The summed E-state index contributed by atoms with van der Waals surface area (Å²) in [6.45, 7) is 3.37. The summed E-state index contributed by atoms with van der Waals surface area (Å²) in [5.74, 6) is 0. The van der Waals surface area contributed by atoms with Crippen LogP contribution in [0.3, 0.4) is 0 Å². The summed E-state index contributed by atoms with van der Waals surface area (Å²) in [5.41, 5.74) is -0.796. The van der Waals surface area contributed by atoms with Crippen LogP contribution in [0.1, 0.15) is 25.1 Å². The lowest BCUT2D eigenvalue weighted by molar-refractivity contribution is -0.127. The molecular formula is C15H14F3NO2. The van der Waals surface area contributed by atoms with Gasteiger partial charge in [0.2, 0.25) is 0 Å². The van der Waals surface area contributed by atoms with E-state index in [1.165, 1.54) is 4.57 Å². The van der Waals surface area contributed by atoms with Crippen molar-refractivity contribution in [1.82, 2.24) is 4.57 Å². The van der Waals surface area contributed by atoms with Crippen molar-refractivity contribution in [3.63, 3.8) is 0 Å². The van der Waals surface area contributed by atoms with E-state index >= 15 is 0 Å².